The van der Waals surface area contributed by atoms with Crippen molar-refractivity contribution >= 4 is 5.82 Å². The fraction of sp³-hybridized carbons (Fsp3) is 0.261. The Morgan fingerprint density at radius 2 is 1.90 bits per heavy atom. The van der Waals surface area contributed by atoms with Crippen LogP contribution < -0.4 is 26.2 Å². The number of hydrogen-bond donors (Lipinski definition) is 4. The lowest BCUT2D eigenvalue weighted by atomic mass is 10.0. The van der Waals surface area contributed by atoms with Crippen LogP contribution in [0.1, 0.15) is 34.8 Å². The number of hydrogen-bond acceptors (Lipinski definition) is 8. The Labute approximate surface area is 181 Å². The second kappa shape index (κ2) is 10.00. The van der Waals surface area contributed by atoms with Crippen molar-refractivity contribution in [2.75, 3.05) is 12.4 Å². The lowest BCUT2D eigenvalue weighted by molar-refractivity contribution is 0.401. The Bertz CT molecular complexity index is 1030. The fourth-order valence-electron chi connectivity index (χ4n) is 3.59. The molecule has 158 valence electrons. The summed E-state index contributed by atoms with van der Waals surface area (Å²) in [7, 11) is 1.70. The molecule has 2 heterocycles. The Morgan fingerprint density at radius 3 is 2.65 bits per heavy atom. The predicted molar refractivity (Wildman–Crippen MR) is 118 cm³/mol. The molecule has 1 saturated heterocycles. The minimum Gasteiger partial charge on any atom is -0.496 e. The van der Waals surface area contributed by atoms with Crippen molar-refractivity contribution in [3.63, 3.8) is 0 Å². The molecule has 0 saturated carbocycles. The van der Waals surface area contributed by atoms with Crippen LogP contribution in [-0.4, -0.2) is 23.2 Å². The Kier molecular flexibility index (Phi) is 6.69. The second-order valence-corrected chi connectivity index (χ2v) is 7.34. The highest BCUT2D eigenvalue weighted by Crippen LogP contribution is 2.31. The number of hydrazine groups is 1. The van der Waals surface area contributed by atoms with Gasteiger partial charge in [0.1, 0.15) is 17.6 Å². The number of anilines is 1. The molecular formula is C23H25N7O. The Morgan fingerprint density at radius 1 is 1.06 bits per heavy atom. The van der Waals surface area contributed by atoms with Gasteiger partial charge in [0.05, 0.1) is 31.7 Å². The van der Waals surface area contributed by atoms with E-state index in [1.807, 2.05) is 24.3 Å². The number of methoxy groups -OCH3 is 1. The highest BCUT2D eigenvalue weighted by atomic mass is 16.5. The van der Waals surface area contributed by atoms with Gasteiger partial charge in [-0.2, -0.15) is 5.26 Å². The normalized spacial score (nSPS) is 17.8. The van der Waals surface area contributed by atoms with Crippen LogP contribution in [0.4, 0.5) is 5.82 Å². The summed E-state index contributed by atoms with van der Waals surface area (Å²) in [6, 6.07) is 18.7. The molecule has 2 atom stereocenters. The van der Waals surface area contributed by atoms with E-state index in [2.05, 4.69) is 61.8 Å². The number of benzene rings is 2. The van der Waals surface area contributed by atoms with Crippen LogP contribution in [0.15, 0.2) is 60.9 Å². The zero-order chi connectivity index (χ0) is 21.5. The molecule has 31 heavy (non-hydrogen) atoms. The largest absolute Gasteiger partial charge is 0.496 e. The first-order valence-corrected chi connectivity index (χ1v) is 10.2. The minimum absolute atomic E-state index is 0.0239. The topological polar surface area (TPSA) is 107 Å². The van der Waals surface area contributed by atoms with E-state index < -0.39 is 0 Å². The zero-order valence-electron chi connectivity index (χ0n) is 17.3. The summed E-state index contributed by atoms with van der Waals surface area (Å²) in [5.74, 6) is 1.47. The van der Waals surface area contributed by atoms with Crippen LogP contribution >= 0.6 is 0 Å². The molecule has 0 radical (unpaired) electrons. The molecule has 0 spiro atoms. The van der Waals surface area contributed by atoms with Gasteiger partial charge in [0, 0.05) is 25.1 Å². The smallest absolute Gasteiger partial charge is 0.158 e. The molecule has 0 aliphatic carbocycles. The standard InChI is InChI=1S/C23H25N7O/c1-31-21-9-17(13-25-12-16-5-3-2-4-6-16)7-8-19(21)20-10-22(30-29-20)28-23-15-26-18(11-24)14-27-23/h2-9,14-15,20,22,25,29-30H,10,12-13H2,1H3,(H,27,28). The number of aromatic nitrogens is 2. The van der Waals surface area contributed by atoms with Gasteiger partial charge < -0.3 is 15.4 Å². The summed E-state index contributed by atoms with van der Waals surface area (Å²) in [6.07, 6.45) is 3.79. The predicted octanol–water partition coefficient (Wildman–Crippen LogP) is 2.62. The molecule has 8 nitrogen and oxygen atoms in total. The van der Waals surface area contributed by atoms with Crippen molar-refractivity contribution in [2.45, 2.75) is 31.7 Å². The molecule has 2 aromatic carbocycles. The van der Waals surface area contributed by atoms with Crippen molar-refractivity contribution in [1.29, 1.82) is 5.26 Å². The van der Waals surface area contributed by atoms with Crippen LogP contribution in [0.5, 0.6) is 5.75 Å². The lowest BCUT2D eigenvalue weighted by Crippen LogP contribution is -2.36. The molecule has 1 aliphatic rings. The van der Waals surface area contributed by atoms with Gasteiger partial charge in [0.2, 0.25) is 0 Å². The van der Waals surface area contributed by atoms with Gasteiger partial charge in [-0.3, -0.25) is 0 Å². The average Bonchev–Trinajstić information content (AvgIpc) is 3.28. The average molecular weight is 416 g/mol. The van der Waals surface area contributed by atoms with Crippen LogP contribution in [0.3, 0.4) is 0 Å². The molecule has 1 fully saturated rings. The first-order chi connectivity index (χ1) is 15.2. The molecule has 4 rings (SSSR count). The number of rotatable bonds is 8. The van der Waals surface area contributed by atoms with Gasteiger partial charge in [-0.25, -0.2) is 20.8 Å². The first-order valence-electron chi connectivity index (χ1n) is 10.2. The summed E-state index contributed by atoms with van der Waals surface area (Å²) < 4.78 is 5.67. The molecule has 0 amide bonds. The third-order valence-electron chi connectivity index (χ3n) is 5.17. The van der Waals surface area contributed by atoms with E-state index >= 15 is 0 Å². The zero-order valence-corrected chi connectivity index (χ0v) is 17.3. The minimum atomic E-state index is -0.0239. The third-order valence-corrected chi connectivity index (χ3v) is 5.17. The van der Waals surface area contributed by atoms with Crippen molar-refractivity contribution in [3.8, 4) is 11.8 Å². The van der Waals surface area contributed by atoms with Gasteiger partial charge in [0.15, 0.2) is 5.69 Å². The molecule has 3 aromatic rings. The van der Waals surface area contributed by atoms with Gasteiger partial charge in [-0.1, -0.05) is 42.5 Å². The molecule has 2 unspecified atom stereocenters. The maximum Gasteiger partial charge on any atom is 0.158 e. The monoisotopic (exact) mass is 415 g/mol. The van der Waals surface area contributed by atoms with E-state index in [1.165, 1.54) is 17.3 Å². The van der Waals surface area contributed by atoms with E-state index in [1.54, 1.807) is 13.3 Å². The lowest BCUT2D eigenvalue weighted by Gasteiger charge is -2.16. The van der Waals surface area contributed by atoms with Crippen molar-refractivity contribution in [2.24, 2.45) is 0 Å². The quantitative estimate of drug-likeness (QED) is 0.445. The van der Waals surface area contributed by atoms with Crippen LogP contribution in [0.2, 0.25) is 0 Å². The highest BCUT2D eigenvalue weighted by Gasteiger charge is 2.27. The maximum atomic E-state index is 8.83. The summed E-state index contributed by atoms with van der Waals surface area (Å²) in [6.45, 7) is 1.59. The SMILES string of the molecule is COc1cc(CNCc2ccccc2)ccc1C1CC(Nc2cnc(C#N)cn2)NN1. The van der Waals surface area contributed by atoms with Gasteiger partial charge in [-0.15, -0.1) is 0 Å². The third kappa shape index (κ3) is 5.35. The second-order valence-electron chi connectivity index (χ2n) is 7.34. The molecular weight excluding hydrogens is 390 g/mol. The van der Waals surface area contributed by atoms with E-state index in [4.69, 9.17) is 10.00 Å². The van der Waals surface area contributed by atoms with Gasteiger partial charge >= 0.3 is 0 Å². The number of nitrogens with one attached hydrogen (secondary N) is 4. The molecule has 4 N–H and O–H groups in total. The van der Waals surface area contributed by atoms with Gasteiger partial charge in [0.25, 0.3) is 0 Å². The molecule has 0 bridgehead atoms. The number of nitrogens with zero attached hydrogens (tertiary/aromatic N) is 3. The summed E-state index contributed by atoms with van der Waals surface area (Å²) in [5.41, 5.74) is 10.4. The summed E-state index contributed by atoms with van der Waals surface area (Å²) >= 11 is 0. The van der Waals surface area contributed by atoms with E-state index in [-0.39, 0.29) is 12.2 Å². The van der Waals surface area contributed by atoms with Gasteiger partial charge in [-0.05, 0) is 17.2 Å². The Hall–Kier alpha value is -3.51. The van der Waals surface area contributed by atoms with E-state index in [9.17, 15) is 0 Å². The van der Waals surface area contributed by atoms with Crippen LogP contribution in [0.25, 0.3) is 0 Å². The van der Waals surface area contributed by atoms with Crippen molar-refractivity contribution in [1.82, 2.24) is 26.1 Å². The first kappa shape index (κ1) is 20.8. The summed E-state index contributed by atoms with van der Waals surface area (Å²) in [4.78, 5) is 8.25. The fourth-order valence-corrected chi connectivity index (χ4v) is 3.59. The van der Waals surface area contributed by atoms with Crippen LogP contribution in [-0.2, 0) is 13.1 Å². The molecule has 1 aromatic heterocycles. The maximum absolute atomic E-state index is 8.83. The van der Waals surface area contributed by atoms with Crippen molar-refractivity contribution in [3.05, 3.63) is 83.3 Å². The molecule has 8 heteroatoms. The summed E-state index contributed by atoms with van der Waals surface area (Å²) in [5, 5.41) is 15.6. The highest BCUT2D eigenvalue weighted by molar-refractivity contribution is 5.41. The van der Waals surface area contributed by atoms with Crippen molar-refractivity contribution < 1.29 is 4.74 Å². The number of nitriles is 1. The number of ether oxygens (including phenoxy) is 1. The van der Waals surface area contributed by atoms with Crippen LogP contribution in [0, 0.1) is 11.3 Å². The van der Waals surface area contributed by atoms with E-state index in [0.717, 1.165) is 30.8 Å². The Balaban J connectivity index is 1.34. The van der Waals surface area contributed by atoms with E-state index in [0.29, 0.717) is 11.5 Å². The molecule has 1 aliphatic heterocycles.